The van der Waals surface area contributed by atoms with Crippen molar-refractivity contribution in [3.05, 3.63) is 48.0 Å². The highest BCUT2D eigenvalue weighted by atomic mass is 16.5. The third kappa shape index (κ3) is 3.00. The summed E-state index contributed by atoms with van der Waals surface area (Å²) >= 11 is 0. The van der Waals surface area contributed by atoms with Crippen molar-refractivity contribution in [2.24, 2.45) is 0 Å². The number of methoxy groups -OCH3 is 1. The second-order valence-corrected chi connectivity index (χ2v) is 4.08. The number of hydrogen-bond donors (Lipinski definition) is 1. The van der Waals surface area contributed by atoms with Crippen molar-refractivity contribution in [3.63, 3.8) is 0 Å². The largest absolute Gasteiger partial charge is 0.481 e. The van der Waals surface area contributed by atoms with E-state index in [0.717, 1.165) is 0 Å². The van der Waals surface area contributed by atoms with E-state index < -0.39 is 17.9 Å². The van der Waals surface area contributed by atoms with Crippen molar-refractivity contribution in [1.29, 1.82) is 0 Å². The maximum Gasteiger partial charge on any atom is 0.377 e. The zero-order valence-corrected chi connectivity index (χ0v) is 10.8. The van der Waals surface area contributed by atoms with Crippen LogP contribution in [0.25, 0.3) is 0 Å². The van der Waals surface area contributed by atoms with E-state index in [2.05, 4.69) is 14.8 Å². The Bertz CT molecular complexity index is 609. The molecule has 2 aromatic rings. The van der Waals surface area contributed by atoms with Gasteiger partial charge in [0.15, 0.2) is 0 Å². The Labute approximate surface area is 114 Å². The summed E-state index contributed by atoms with van der Waals surface area (Å²) in [6.45, 7) is 0.0866. The number of aliphatic carboxylic acids is 1. The van der Waals surface area contributed by atoms with Crippen LogP contribution >= 0.6 is 0 Å². The van der Waals surface area contributed by atoms with E-state index in [9.17, 15) is 14.7 Å². The normalized spacial score (nSPS) is 11.8. The molecule has 1 heterocycles. The minimum atomic E-state index is -0.966. The summed E-state index contributed by atoms with van der Waals surface area (Å²) < 4.78 is 5.81. The molecule has 7 nitrogen and oxygen atoms in total. The fraction of sp³-hybridized carbons (Fsp3) is 0.231. The monoisotopic (exact) mass is 275 g/mol. The number of rotatable bonds is 5. The number of carboxylic acids is 1. The summed E-state index contributed by atoms with van der Waals surface area (Å²) in [7, 11) is 1.23. The smallest absolute Gasteiger partial charge is 0.377 e. The molecule has 0 saturated heterocycles. The van der Waals surface area contributed by atoms with Gasteiger partial charge in [0.2, 0.25) is 0 Å². The van der Waals surface area contributed by atoms with Gasteiger partial charge in [-0.05, 0) is 5.56 Å². The molecule has 0 fully saturated rings. The summed E-state index contributed by atoms with van der Waals surface area (Å²) in [5, 5.41) is 13.2. The van der Waals surface area contributed by atoms with E-state index in [1.54, 1.807) is 24.3 Å². The maximum absolute atomic E-state index is 11.3. The first-order chi connectivity index (χ1) is 9.61. The van der Waals surface area contributed by atoms with Crippen molar-refractivity contribution in [1.82, 2.24) is 14.8 Å². The van der Waals surface area contributed by atoms with Crippen LogP contribution in [-0.4, -0.2) is 38.9 Å². The Morgan fingerprint density at radius 1 is 1.35 bits per heavy atom. The molecule has 0 amide bonds. The van der Waals surface area contributed by atoms with Gasteiger partial charge < -0.3 is 9.84 Å². The van der Waals surface area contributed by atoms with Gasteiger partial charge in [-0.15, -0.1) is 5.10 Å². The molecular weight excluding hydrogens is 262 g/mol. The number of ether oxygens (including phenoxy) is 1. The Hall–Kier alpha value is -2.70. The molecule has 1 N–H and O–H groups in total. The Balaban J connectivity index is 2.19. The second kappa shape index (κ2) is 5.96. The fourth-order valence-electron chi connectivity index (χ4n) is 1.77. The standard InChI is InChI=1S/C13H13N3O4/c1-20-13(19)11-14-8-16(15-11)7-10(12(17)18)9-5-3-2-4-6-9/h2-6,8,10H,7H2,1H3,(H,17,18). The van der Waals surface area contributed by atoms with Crippen LogP contribution < -0.4 is 0 Å². The fourth-order valence-corrected chi connectivity index (χ4v) is 1.77. The van der Waals surface area contributed by atoms with E-state index in [0.29, 0.717) is 5.56 Å². The van der Waals surface area contributed by atoms with Gasteiger partial charge in [0, 0.05) is 0 Å². The molecule has 1 aromatic carbocycles. The molecule has 0 radical (unpaired) electrons. The lowest BCUT2D eigenvalue weighted by atomic mass is 9.99. The topological polar surface area (TPSA) is 94.3 Å². The van der Waals surface area contributed by atoms with Gasteiger partial charge in [-0.2, -0.15) is 0 Å². The molecule has 2 rings (SSSR count). The molecule has 104 valence electrons. The van der Waals surface area contributed by atoms with Crippen LogP contribution in [0.5, 0.6) is 0 Å². The number of esters is 1. The van der Waals surface area contributed by atoms with E-state index in [1.165, 1.54) is 18.1 Å². The number of hydrogen-bond acceptors (Lipinski definition) is 5. The average Bonchev–Trinajstić information content (AvgIpc) is 2.93. The summed E-state index contributed by atoms with van der Waals surface area (Å²) in [6.07, 6.45) is 1.31. The first-order valence-corrected chi connectivity index (χ1v) is 5.87. The molecule has 1 unspecified atom stereocenters. The molecule has 20 heavy (non-hydrogen) atoms. The maximum atomic E-state index is 11.3. The highest BCUT2D eigenvalue weighted by Crippen LogP contribution is 2.17. The number of benzene rings is 1. The van der Waals surface area contributed by atoms with E-state index in [-0.39, 0.29) is 12.4 Å². The van der Waals surface area contributed by atoms with Gasteiger partial charge in [0.1, 0.15) is 12.2 Å². The average molecular weight is 275 g/mol. The van der Waals surface area contributed by atoms with Crippen LogP contribution in [0.2, 0.25) is 0 Å². The summed E-state index contributed by atoms with van der Waals surface area (Å²) in [5.41, 5.74) is 0.662. The molecule has 0 saturated carbocycles. The summed E-state index contributed by atoms with van der Waals surface area (Å²) in [4.78, 5) is 26.4. The van der Waals surface area contributed by atoms with E-state index in [1.807, 2.05) is 6.07 Å². The molecule has 1 atom stereocenters. The molecular formula is C13H13N3O4. The zero-order valence-electron chi connectivity index (χ0n) is 10.8. The van der Waals surface area contributed by atoms with Gasteiger partial charge in [0.05, 0.1) is 13.7 Å². The quantitative estimate of drug-likeness (QED) is 0.816. The van der Waals surface area contributed by atoms with Crippen LogP contribution in [-0.2, 0) is 16.1 Å². The minimum absolute atomic E-state index is 0.0866. The third-order valence-electron chi connectivity index (χ3n) is 2.77. The van der Waals surface area contributed by atoms with Crippen LogP contribution in [0.15, 0.2) is 36.7 Å². The first-order valence-electron chi connectivity index (χ1n) is 5.87. The van der Waals surface area contributed by atoms with Crippen molar-refractivity contribution < 1.29 is 19.4 Å². The van der Waals surface area contributed by atoms with Crippen LogP contribution in [0.4, 0.5) is 0 Å². The number of nitrogens with zero attached hydrogens (tertiary/aromatic N) is 3. The third-order valence-corrected chi connectivity index (χ3v) is 2.77. The van der Waals surface area contributed by atoms with Gasteiger partial charge >= 0.3 is 11.9 Å². The Morgan fingerprint density at radius 2 is 2.05 bits per heavy atom. The van der Waals surface area contributed by atoms with Crippen molar-refractivity contribution in [2.75, 3.05) is 7.11 Å². The van der Waals surface area contributed by atoms with Crippen LogP contribution in [0.1, 0.15) is 22.1 Å². The van der Waals surface area contributed by atoms with Gasteiger partial charge in [-0.1, -0.05) is 30.3 Å². The molecule has 7 heteroatoms. The lowest BCUT2D eigenvalue weighted by Crippen LogP contribution is -2.19. The molecule has 0 aliphatic rings. The van der Waals surface area contributed by atoms with Crippen LogP contribution in [0.3, 0.4) is 0 Å². The number of aromatic nitrogens is 3. The minimum Gasteiger partial charge on any atom is -0.481 e. The molecule has 0 bridgehead atoms. The highest BCUT2D eigenvalue weighted by Gasteiger charge is 2.21. The van der Waals surface area contributed by atoms with Crippen molar-refractivity contribution >= 4 is 11.9 Å². The van der Waals surface area contributed by atoms with Gasteiger partial charge in [-0.25, -0.2) is 9.78 Å². The lowest BCUT2D eigenvalue weighted by molar-refractivity contribution is -0.139. The molecule has 1 aromatic heterocycles. The Kier molecular flexibility index (Phi) is 4.09. The van der Waals surface area contributed by atoms with E-state index in [4.69, 9.17) is 0 Å². The SMILES string of the molecule is COC(=O)c1ncn(CC(C(=O)O)c2ccccc2)n1. The first kappa shape index (κ1) is 13.7. The lowest BCUT2D eigenvalue weighted by Gasteiger charge is -2.12. The summed E-state index contributed by atoms with van der Waals surface area (Å²) in [6, 6.07) is 8.82. The second-order valence-electron chi connectivity index (χ2n) is 4.08. The predicted octanol–water partition coefficient (Wildman–Crippen LogP) is 0.933. The summed E-state index contributed by atoms with van der Waals surface area (Å²) in [5.74, 6) is -2.48. The highest BCUT2D eigenvalue weighted by molar-refractivity contribution is 5.84. The number of carboxylic acid groups (broad SMARTS) is 1. The van der Waals surface area contributed by atoms with Crippen molar-refractivity contribution in [3.8, 4) is 0 Å². The van der Waals surface area contributed by atoms with Crippen LogP contribution in [0, 0.1) is 0 Å². The van der Waals surface area contributed by atoms with Gasteiger partial charge in [-0.3, -0.25) is 9.48 Å². The number of carbonyl (C=O) groups is 2. The molecule has 0 spiro atoms. The molecule has 0 aliphatic heterocycles. The van der Waals surface area contributed by atoms with Gasteiger partial charge in [0.25, 0.3) is 5.82 Å². The zero-order chi connectivity index (χ0) is 14.5. The predicted molar refractivity (Wildman–Crippen MR) is 68.2 cm³/mol. The molecule has 0 aliphatic carbocycles. The van der Waals surface area contributed by atoms with E-state index >= 15 is 0 Å². The van der Waals surface area contributed by atoms with Crippen molar-refractivity contribution in [2.45, 2.75) is 12.5 Å². The Morgan fingerprint density at radius 3 is 2.65 bits per heavy atom. The number of carbonyl (C=O) groups excluding carboxylic acids is 1.